The van der Waals surface area contributed by atoms with Gasteiger partial charge in [-0.3, -0.25) is 0 Å². The zero-order valence-corrected chi connectivity index (χ0v) is 11.0. The zero-order chi connectivity index (χ0) is 13.5. The van der Waals surface area contributed by atoms with Gasteiger partial charge in [-0.1, -0.05) is 35.9 Å². The molecule has 1 N–H and O–H groups in total. The van der Waals surface area contributed by atoms with E-state index in [1.54, 1.807) is 0 Å². The molecule has 3 nitrogen and oxygen atoms in total. The van der Waals surface area contributed by atoms with Gasteiger partial charge < -0.3 is 14.6 Å². The van der Waals surface area contributed by atoms with Crippen LogP contribution in [0.4, 0.5) is 0 Å². The normalized spacial score (nSPS) is 10.2. The Morgan fingerprint density at radius 1 is 0.947 bits per heavy atom. The second-order valence-electron chi connectivity index (χ2n) is 4.28. The third kappa shape index (κ3) is 4.00. The van der Waals surface area contributed by atoms with Crippen LogP contribution >= 0.6 is 0 Å². The summed E-state index contributed by atoms with van der Waals surface area (Å²) in [6, 6.07) is 15.4. The first-order chi connectivity index (χ1) is 9.29. The van der Waals surface area contributed by atoms with Crippen LogP contribution < -0.4 is 9.47 Å². The Hall–Kier alpha value is -2.00. The average Bonchev–Trinajstić information content (AvgIpc) is 2.46. The van der Waals surface area contributed by atoms with Crippen LogP contribution in [0, 0.1) is 6.92 Å². The van der Waals surface area contributed by atoms with Crippen molar-refractivity contribution in [2.24, 2.45) is 0 Å². The largest absolute Gasteiger partial charge is 0.490 e. The minimum absolute atomic E-state index is 0.0173. The maximum Gasteiger partial charge on any atom is 0.125 e. The lowest BCUT2D eigenvalue weighted by atomic mass is 10.1. The summed E-state index contributed by atoms with van der Waals surface area (Å²) in [5.74, 6) is 1.54. The second kappa shape index (κ2) is 6.81. The molecule has 0 spiro atoms. The van der Waals surface area contributed by atoms with Crippen LogP contribution in [-0.4, -0.2) is 18.3 Å². The minimum Gasteiger partial charge on any atom is -0.490 e. The van der Waals surface area contributed by atoms with Crippen LogP contribution in [0.3, 0.4) is 0 Å². The summed E-state index contributed by atoms with van der Waals surface area (Å²) in [4.78, 5) is 0. The maximum absolute atomic E-state index is 9.27. The highest BCUT2D eigenvalue weighted by Gasteiger charge is 2.03. The number of hydrogen-bond donors (Lipinski definition) is 1. The van der Waals surface area contributed by atoms with Gasteiger partial charge >= 0.3 is 0 Å². The van der Waals surface area contributed by atoms with E-state index in [0.29, 0.717) is 19.0 Å². The molecular weight excluding hydrogens is 240 g/mol. The van der Waals surface area contributed by atoms with E-state index in [9.17, 15) is 5.11 Å². The van der Waals surface area contributed by atoms with Gasteiger partial charge in [-0.25, -0.2) is 0 Å². The Kier molecular flexibility index (Phi) is 4.81. The fourth-order valence-corrected chi connectivity index (χ4v) is 1.80. The number of aliphatic hydroxyl groups is 1. The maximum atomic E-state index is 9.27. The molecule has 0 aromatic heterocycles. The standard InChI is InChI=1S/C16H18O3/c1-13-7-8-16(14(11-13)12-17)19-10-9-18-15-5-3-2-4-6-15/h2-8,11,17H,9-10,12H2,1H3. The van der Waals surface area contributed by atoms with Gasteiger partial charge in [0, 0.05) is 5.56 Å². The van der Waals surface area contributed by atoms with Gasteiger partial charge in [-0.05, 0) is 25.1 Å². The molecule has 0 unspecified atom stereocenters. The minimum atomic E-state index is -0.0173. The molecule has 0 heterocycles. The summed E-state index contributed by atoms with van der Waals surface area (Å²) < 4.78 is 11.2. The van der Waals surface area contributed by atoms with Gasteiger partial charge in [0.1, 0.15) is 24.7 Å². The number of ether oxygens (including phenoxy) is 2. The Labute approximate surface area is 113 Å². The third-order valence-corrected chi connectivity index (χ3v) is 2.74. The Morgan fingerprint density at radius 3 is 2.42 bits per heavy atom. The van der Waals surface area contributed by atoms with Crippen molar-refractivity contribution < 1.29 is 14.6 Å². The molecule has 0 atom stereocenters. The average molecular weight is 258 g/mol. The van der Waals surface area contributed by atoms with Crippen molar-refractivity contribution in [2.75, 3.05) is 13.2 Å². The molecule has 0 saturated heterocycles. The van der Waals surface area contributed by atoms with Gasteiger partial charge in [0.05, 0.1) is 6.61 Å². The molecule has 2 aromatic rings. The number of aliphatic hydroxyl groups excluding tert-OH is 1. The van der Waals surface area contributed by atoms with E-state index < -0.39 is 0 Å². The lowest BCUT2D eigenvalue weighted by Gasteiger charge is -2.11. The quantitative estimate of drug-likeness (QED) is 0.810. The first-order valence-corrected chi connectivity index (χ1v) is 6.30. The van der Waals surface area contributed by atoms with E-state index in [4.69, 9.17) is 9.47 Å². The summed E-state index contributed by atoms with van der Waals surface area (Å²) in [5.41, 5.74) is 1.91. The summed E-state index contributed by atoms with van der Waals surface area (Å²) in [6.07, 6.45) is 0. The lowest BCUT2D eigenvalue weighted by molar-refractivity contribution is 0.210. The van der Waals surface area contributed by atoms with Crippen molar-refractivity contribution in [1.29, 1.82) is 0 Å². The predicted molar refractivity (Wildman–Crippen MR) is 74.5 cm³/mol. The SMILES string of the molecule is Cc1ccc(OCCOc2ccccc2)c(CO)c1. The van der Waals surface area contributed by atoms with Crippen molar-refractivity contribution in [3.8, 4) is 11.5 Å². The smallest absolute Gasteiger partial charge is 0.125 e. The highest BCUT2D eigenvalue weighted by molar-refractivity contribution is 5.36. The molecule has 2 aromatic carbocycles. The van der Waals surface area contributed by atoms with Crippen molar-refractivity contribution in [3.05, 3.63) is 59.7 Å². The van der Waals surface area contributed by atoms with E-state index >= 15 is 0 Å². The van der Waals surface area contributed by atoms with Crippen LogP contribution in [-0.2, 0) is 6.61 Å². The number of para-hydroxylation sites is 1. The monoisotopic (exact) mass is 258 g/mol. The van der Waals surface area contributed by atoms with Crippen LogP contribution in [0.1, 0.15) is 11.1 Å². The van der Waals surface area contributed by atoms with Crippen molar-refractivity contribution in [3.63, 3.8) is 0 Å². The molecule has 2 rings (SSSR count). The molecule has 0 saturated carbocycles. The Morgan fingerprint density at radius 2 is 1.68 bits per heavy atom. The number of benzene rings is 2. The van der Waals surface area contributed by atoms with Crippen molar-refractivity contribution >= 4 is 0 Å². The fourth-order valence-electron chi connectivity index (χ4n) is 1.80. The molecule has 19 heavy (non-hydrogen) atoms. The molecule has 0 amide bonds. The van der Waals surface area contributed by atoms with E-state index in [2.05, 4.69) is 0 Å². The third-order valence-electron chi connectivity index (χ3n) is 2.74. The lowest BCUT2D eigenvalue weighted by Crippen LogP contribution is -2.10. The number of aryl methyl sites for hydroxylation is 1. The second-order valence-corrected chi connectivity index (χ2v) is 4.28. The highest BCUT2D eigenvalue weighted by atomic mass is 16.5. The highest BCUT2D eigenvalue weighted by Crippen LogP contribution is 2.20. The van der Waals surface area contributed by atoms with E-state index in [-0.39, 0.29) is 6.61 Å². The van der Waals surface area contributed by atoms with Crippen LogP contribution in [0.2, 0.25) is 0 Å². The fraction of sp³-hybridized carbons (Fsp3) is 0.250. The molecular formula is C16H18O3. The van der Waals surface area contributed by atoms with E-state index in [0.717, 1.165) is 16.9 Å². The van der Waals surface area contributed by atoms with E-state index in [1.165, 1.54) is 0 Å². The Bertz CT molecular complexity index is 509. The molecule has 3 heteroatoms. The molecule has 0 aliphatic rings. The summed E-state index contributed by atoms with van der Waals surface area (Å²) >= 11 is 0. The van der Waals surface area contributed by atoms with Crippen molar-refractivity contribution in [2.45, 2.75) is 13.5 Å². The predicted octanol–water partition coefficient (Wildman–Crippen LogP) is 2.95. The molecule has 0 bridgehead atoms. The summed E-state index contributed by atoms with van der Waals surface area (Å²) in [7, 11) is 0. The number of hydrogen-bond acceptors (Lipinski definition) is 3. The van der Waals surface area contributed by atoms with E-state index in [1.807, 2.05) is 55.5 Å². The van der Waals surface area contributed by atoms with Gasteiger partial charge in [0.15, 0.2) is 0 Å². The van der Waals surface area contributed by atoms with Gasteiger partial charge in [0.2, 0.25) is 0 Å². The van der Waals surface area contributed by atoms with Gasteiger partial charge in [0.25, 0.3) is 0 Å². The first kappa shape index (κ1) is 13.4. The molecule has 0 aliphatic heterocycles. The topological polar surface area (TPSA) is 38.7 Å². The summed E-state index contributed by atoms with van der Waals surface area (Å²) in [6.45, 7) is 2.89. The molecule has 0 radical (unpaired) electrons. The first-order valence-electron chi connectivity index (χ1n) is 6.30. The number of rotatable bonds is 6. The van der Waals surface area contributed by atoms with Crippen LogP contribution in [0.5, 0.6) is 11.5 Å². The van der Waals surface area contributed by atoms with Crippen molar-refractivity contribution in [1.82, 2.24) is 0 Å². The van der Waals surface area contributed by atoms with Gasteiger partial charge in [-0.15, -0.1) is 0 Å². The molecule has 0 fully saturated rings. The van der Waals surface area contributed by atoms with Crippen LogP contribution in [0.25, 0.3) is 0 Å². The molecule has 100 valence electrons. The molecule has 0 aliphatic carbocycles. The summed E-state index contributed by atoms with van der Waals surface area (Å²) in [5, 5.41) is 9.27. The van der Waals surface area contributed by atoms with Gasteiger partial charge in [-0.2, -0.15) is 0 Å². The Balaban J connectivity index is 1.83. The van der Waals surface area contributed by atoms with Crippen LogP contribution in [0.15, 0.2) is 48.5 Å². The zero-order valence-electron chi connectivity index (χ0n) is 11.0.